The van der Waals surface area contributed by atoms with Gasteiger partial charge in [0.2, 0.25) is 0 Å². The number of benzene rings is 2. The molecule has 3 aliphatic rings. The molecule has 2 aromatic carbocycles. The number of alkyl halides is 1. The summed E-state index contributed by atoms with van der Waals surface area (Å²) in [6.45, 7) is 10.8. The number of fused-ring (bicyclic) bond motifs is 3. The summed E-state index contributed by atoms with van der Waals surface area (Å²) in [5.74, 6) is -0.692. The number of phenolic OH excluding ortho intramolecular Hbond substituents is 1. The van der Waals surface area contributed by atoms with E-state index in [1.165, 1.54) is 18.2 Å². The Bertz CT molecular complexity index is 1860. The number of aryl methyl sites for hydroxylation is 1. The summed E-state index contributed by atoms with van der Waals surface area (Å²) in [5, 5.41) is 12.0. The van der Waals surface area contributed by atoms with Crippen molar-refractivity contribution < 1.29 is 27.7 Å². The first kappa shape index (κ1) is 32.9. The van der Waals surface area contributed by atoms with E-state index in [1.807, 2.05) is 20.8 Å². The summed E-state index contributed by atoms with van der Waals surface area (Å²) in [6.07, 6.45) is 5.15. The number of rotatable bonds is 9. The zero-order chi connectivity index (χ0) is 33.8. The molecule has 4 aromatic rings. The molecule has 7 rings (SSSR count). The SMILES string of the molecule is CCc1c(F)ccc2cc(O)cc(-c3ncc4c(N5CCCC(C)(BOC(C)C)C5)nc(OCC56CCCN5CC(F)C6)nc4c3F)c12. The standard InChI is InChI=1S/C36H43BF3N5O3/c1-5-25-28(39)9-8-22-14-24(46)15-26(29(22)25)31-30(40)32-27(17-41-31)33(44-12-6-10-35(4,19-44)37-48-21(2)3)43-34(42-32)47-20-36-11-7-13-45(36)18-23(38)16-36/h8-9,14-15,17,21,23,37,46H,5-7,10-13,16,18-20H2,1-4H3. The third-order valence-corrected chi connectivity index (χ3v) is 10.5. The Morgan fingerprint density at radius 2 is 1.94 bits per heavy atom. The fourth-order valence-corrected chi connectivity index (χ4v) is 8.18. The van der Waals surface area contributed by atoms with Crippen LogP contribution in [0, 0.1) is 11.6 Å². The van der Waals surface area contributed by atoms with Crippen molar-refractivity contribution in [3.05, 3.63) is 47.7 Å². The number of anilines is 1. The van der Waals surface area contributed by atoms with Crippen molar-refractivity contribution in [1.29, 1.82) is 0 Å². The van der Waals surface area contributed by atoms with E-state index >= 15 is 8.78 Å². The van der Waals surface area contributed by atoms with E-state index in [-0.39, 0.29) is 46.6 Å². The van der Waals surface area contributed by atoms with Crippen LogP contribution in [0.15, 0.2) is 30.5 Å². The molecular weight excluding hydrogens is 618 g/mol. The number of halogens is 3. The van der Waals surface area contributed by atoms with Crippen molar-refractivity contribution in [2.75, 3.05) is 37.7 Å². The topological polar surface area (TPSA) is 83.8 Å². The number of aromatic nitrogens is 3. The van der Waals surface area contributed by atoms with Crippen LogP contribution >= 0.6 is 0 Å². The van der Waals surface area contributed by atoms with E-state index in [1.54, 1.807) is 12.3 Å². The van der Waals surface area contributed by atoms with Gasteiger partial charge in [0.1, 0.15) is 41.4 Å². The van der Waals surface area contributed by atoms with E-state index in [9.17, 15) is 9.50 Å². The van der Waals surface area contributed by atoms with Crippen LogP contribution in [0.4, 0.5) is 19.0 Å². The molecule has 3 atom stereocenters. The first-order valence-electron chi connectivity index (χ1n) is 17.2. The summed E-state index contributed by atoms with van der Waals surface area (Å²) in [6, 6.07) is 5.91. The number of nitrogens with zero attached hydrogens (tertiary/aromatic N) is 5. The molecule has 12 heteroatoms. The maximum absolute atomic E-state index is 17.0. The van der Waals surface area contributed by atoms with Gasteiger partial charge in [0.05, 0.1) is 10.9 Å². The van der Waals surface area contributed by atoms with Crippen LogP contribution in [0.1, 0.15) is 65.4 Å². The Balaban J connectivity index is 1.35. The second-order valence-electron chi connectivity index (χ2n) is 14.5. The molecule has 2 aromatic heterocycles. The quantitative estimate of drug-likeness (QED) is 0.194. The Morgan fingerprint density at radius 1 is 1.12 bits per heavy atom. The average Bonchev–Trinajstić information content (AvgIpc) is 3.58. The second kappa shape index (κ2) is 12.7. The van der Waals surface area contributed by atoms with Crippen molar-refractivity contribution in [2.24, 2.45) is 0 Å². The zero-order valence-corrected chi connectivity index (χ0v) is 28.2. The Hall–Kier alpha value is -3.64. The number of piperidine rings is 1. The smallest absolute Gasteiger partial charge is 0.319 e. The third-order valence-electron chi connectivity index (χ3n) is 10.5. The summed E-state index contributed by atoms with van der Waals surface area (Å²) in [7, 11) is 0.577. The van der Waals surface area contributed by atoms with Crippen LogP contribution in [0.3, 0.4) is 0 Å². The third kappa shape index (κ3) is 5.95. The molecule has 5 heterocycles. The van der Waals surface area contributed by atoms with Gasteiger partial charge in [0.15, 0.2) is 5.82 Å². The van der Waals surface area contributed by atoms with Crippen molar-refractivity contribution >= 4 is 35.0 Å². The lowest BCUT2D eigenvalue weighted by atomic mass is 9.60. The van der Waals surface area contributed by atoms with Gasteiger partial charge in [0.25, 0.3) is 7.48 Å². The first-order chi connectivity index (χ1) is 23.0. The van der Waals surface area contributed by atoms with Crippen LogP contribution in [-0.2, 0) is 11.1 Å². The molecule has 0 bridgehead atoms. The normalized spacial score (nSPS) is 24.6. The van der Waals surface area contributed by atoms with Crippen molar-refractivity contribution in [3.63, 3.8) is 0 Å². The minimum absolute atomic E-state index is 0.0175. The predicted octanol–water partition coefficient (Wildman–Crippen LogP) is 6.90. The van der Waals surface area contributed by atoms with E-state index in [0.29, 0.717) is 67.5 Å². The number of ether oxygens (including phenoxy) is 1. The zero-order valence-electron chi connectivity index (χ0n) is 28.2. The van der Waals surface area contributed by atoms with Gasteiger partial charge < -0.3 is 19.4 Å². The molecular formula is C36H43BF3N5O3. The number of hydrogen-bond acceptors (Lipinski definition) is 8. The molecule has 0 spiro atoms. The van der Waals surface area contributed by atoms with E-state index < -0.39 is 23.3 Å². The van der Waals surface area contributed by atoms with Gasteiger partial charge in [-0.3, -0.25) is 9.88 Å². The summed E-state index contributed by atoms with van der Waals surface area (Å²) in [4.78, 5) is 18.4. The highest BCUT2D eigenvalue weighted by Crippen LogP contribution is 2.43. The van der Waals surface area contributed by atoms with Crippen LogP contribution in [0.2, 0.25) is 5.31 Å². The van der Waals surface area contributed by atoms with Crippen LogP contribution < -0.4 is 9.64 Å². The largest absolute Gasteiger partial charge is 0.508 e. The number of pyridine rings is 1. The minimum Gasteiger partial charge on any atom is -0.508 e. The summed E-state index contributed by atoms with van der Waals surface area (Å²) >= 11 is 0. The molecule has 1 N–H and O–H groups in total. The highest BCUT2D eigenvalue weighted by atomic mass is 19.1. The molecule has 8 nitrogen and oxygen atoms in total. The fourth-order valence-electron chi connectivity index (χ4n) is 8.18. The Kier molecular flexibility index (Phi) is 8.68. The Morgan fingerprint density at radius 3 is 2.73 bits per heavy atom. The van der Waals surface area contributed by atoms with E-state index in [0.717, 1.165) is 32.2 Å². The van der Waals surface area contributed by atoms with Gasteiger partial charge in [-0.1, -0.05) is 19.9 Å². The van der Waals surface area contributed by atoms with Gasteiger partial charge in [-0.25, -0.2) is 13.2 Å². The van der Waals surface area contributed by atoms with E-state index in [2.05, 4.69) is 26.7 Å². The second-order valence-corrected chi connectivity index (χ2v) is 14.5. The predicted molar refractivity (Wildman–Crippen MR) is 183 cm³/mol. The summed E-state index contributed by atoms with van der Waals surface area (Å²) < 4.78 is 58.9. The van der Waals surface area contributed by atoms with Crippen molar-refractivity contribution in [1.82, 2.24) is 19.9 Å². The highest BCUT2D eigenvalue weighted by Gasteiger charge is 2.49. The van der Waals surface area contributed by atoms with Gasteiger partial charge in [-0.15, -0.1) is 0 Å². The monoisotopic (exact) mass is 661 g/mol. The maximum Gasteiger partial charge on any atom is 0.319 e. The van der Waals surface area contributed by atoms with Gasteiger partial charge in [-0.05, 0) is 92.3 Å². The molecule has 0 saturated carbocycles. The lowest BCUT2D eigenvalue weighted by molar-refractivity contribution is 0.107. The molecule has 254 valence electrons. The molecule has 0 radical (unpaired) electrons. The lowest BCUT2D eigenvalue weighted by Gasteiger charge is -2.41. The van der Waals surface area contributed by atoms with Crippen LogP contribution in [0.25, 0.3) is 32.9 Å². The number of hydrogen-bond donors (Lipinski definition) is 1. The van der Waals surface area contributed by atoms with Crippen LogP contribution in [-0.4, -0.2) is 83.0 Å². The molecule has 3 fully saturated rings. The van der Waals surface area contributed by atoms with Crippen molar-refractivity contribution in [3.8, 4) is 23.0 Å². The first-order valence-corrected chi connectivity index (χ1v) is 17.2. The molecule has 3 saturated heterocycles. The number of phenols is 1. The van der Waals surface area contributed by atoms with E-state index in [4.69, 9.17) is 14.4 Å². The molecule has 0 amide bonds. The highest BCUT2D eigenvalue weighted by molar-refractivity contribution is 6.32. The maximum atomic E-state index is 17.0. The minimum atomic E-state index is -0.915. The van der Waals surface area contributed by atoms with Gasteiger partial charge in [0, 0.05) is 43.9 Å². The molecule has 3 unspecified atom stereocenters. The van der Waals surface area contributed by atoms with Gasteiger partial charge in [-0.2, -0.15) is 9.97 Å². The van der Waals surface area contributed by atoms with Crippen LogP contribution in [0.5, 0.6) is 11.8 Å². The molecule has 48 heavy (non-hydrogen) atoms. The average molecular weight is 662 g/mol. The Labute approximate surface area is 279 Å². The fraction of sp³-hybridized carbons (Fsp3) is 0.528. The van der Waals surface area contributed by atoms with Crippen molar-refractivity contribution in [2.45, 2.75) is 89.3 Å². The molecule has 3 aliphatic heterocycles. The lowest BCUT2D eigenvalue weighted by Crippen LogP contribution is -2.44. The molecule has 0 aliphatic carbocycles. The summed E-state index contributed by atoms with van der Waals surface area (Å²) in [5.41, 5.74) is 0.228. The van der Waals surface area contributed by atoms with Gasteiger partial charge >= 0.3 is 6.01 Å². The number of aromatic hydroxyl groups is 1.